The molecule has 1 heterocycles. The second-order valence-corrected chi connectivity index (χ2v) is 4.54. The first-order chi connectivity index (χ1) is 9.87. The lowest BCUT2D eigenvalue weighted by Gasteiger charge is -2.09. The van der Waals surface area contributed by atoms with Crippen molar-refractivity contribution in [2.24, 2.45) is 0 Å². The summed E-state index contributed by atoms with van der Waals surface area (Å²) < 4.78 is 41.7. The Morgan fingerprint density at radius 2 is 2.10 bits per heavy atom. The predicted octanol–water partition coefficient (Wildman–Crippen LogP) is 2.15. The van der Waals surface area contributed by atoms with Crippen LogP contribution in [-0.2, 0) is 11.3 Å². The predicted molar refractivity (Wildman–Crippen MR) is 69.5 cm³/mol. The maximum absolute atomic E-state index is 12.0. The molecule has 0 aliphatic heterocycles. The first-order valence-electron chi connectivity index (χ1n) is 5.83. The third-order valence-corrected chi connectivity index (χ3v) is 2.81. The average Bonchev–Trinajstić information content (AvgIpc) is 2.85. The van der Waals surface area contributed by atoms with Gasteiger partial charge in [-0.05, 0) is 28.6 Å². The molecule has 0 radical (unpaired) electrons. The fourth-order valence-corrected chi connectivity index (χ4v) is 1.80. The number of hydrogen-bond acceptors (Lipinski definition) is 5. The molecule has 2 rings (SSSR count). The summed E-state index contributed by atoms with van der Waals surface area (Å²) in [5, 5.41) is 11.4. The van der Waals surface area contributed by atoms with Crippen molar-refractivity contribution in [1.29, 1.82) is 0 Å². The Labute approximate surface area is 122 Å². The van der Waals surface area contributed by atoms with E-state index in [0.717, 1.165) is 0 Å². The first kappa shape index (κ1) is 15.5. The number of nitrogen functional groups attached to an aromatic ring is 1. The van der Waals surface area contributed by atoms with Crippen molar-refractivity contribution in [3.8, 4) is 11.4 Å². The Balaban J connectivity index is 2.07. The Morgan fingerprint density at radius 1 is 1.33 bits per heavy atom. The van der Waals surface area contributed by atoms with E-state index >= 15 is 0 Å². The summed E-state index contributed by atoms with van der Waals surface area (Å²) in [6, 6.07) is 4.79. The average molecular weight is 322 g/mol. The summed E-state index contributed by atoms with van der Waals surface area (Å²) in [6.07, 6.45) is -4.36. The van der Waals surface area contributed by atoms with Crippen LogP contribution in [0.15, 0.2) is 18.2 Å². The quantitative estimate of drug-likeness (QED) is 0.674. The van der Waals surface area contributed by atoms with Crippen LogP contribution < -0.4 is 5.73 Å². The van der Waals surface area contributed by atoms with E-state index in [9.17, 15) is 13.2 Å². The van der Waals surface area contributed by atoms with E-state index < -0.39 is 12.8 Å². The van der Waals surface area contributed by atoms with Crippen molar-refractivity contribution < 1.29 is 17.9 Å². The van der Waals surface area contributed by atoms with Gasteiger partial charge in [0.1, 0.15) is 6.61 Å². The molecule has 1 aromatic carbocycles. The zero-order chi connectivity index (χ0) is 15.5. The number of alkyl halides is 3. The monoisotopic (exact) mass is 321 g/mol. The van der Waals surface area contributed by atoms with Gasteiger partial charge in [-0.1, -0.05) is 11.6 Å². The van der Waals surface area contributed by atoms with Crippen LogP contribution in [0.3, 0.4) is 0 Å². The number of anilines is 1. The van der Waals surface area contributed by atoms with Crippen molar-refractivity contribution in [1.82, 2.24) is 20.2 Å². The second kappa shape index (κ2) is 6.27. The summed E-state index contributed by atoms with van der Waals surface area (Å²) >= 11 is 6.04. The molecule has 2 aromatic rings. The Morgan fingerprint density at radius 3 is 2.81 bits per heavy atom. The SMILES string of the molecule is Nc1ccc(Cl)c(-c2nnnn2CCOCC(F)(F)F)c1. The number of tetrazole rings is 1. The zero-order valence-corrected chi connectivity index (χ0v) is 11.4. The van der Waals surface area contributed by atoms with Gasteiger partial charge in [0, 0.05) is 11.3 Å². The molecule has 0 bridgehead atoms. The third kappa shape index (κ3) is 4.30. The summed E-state index contributed by atoms with van der Waals surface area (Å²) in [6.45, 7) is -1.44. The van der Waals surface area contributed by atoms with Crippen molar-refractivity contribution in [3.05, 3.63) is 23.2 Å². The minimum Gasteiger partial charge on any atom is -0.399 e. The molecule has 0 amide bonds. The highest BCUT2D eigenvalue weighted by atomic mass is 35.5. The number of rotatable bonds is 5. The van der Waals surface area contributed by atoms with Crippen molar-refractivity contribution >= 4 is 17.3 Å². The molecule has 0 saturated heterocycles. The van der Waals surface area contributed by atoms with Crippen molar-refractivity contribution in [2.75, 3.05) is 18.9 Å². The maximum atomic E-state index is 12.0. The van der Waals surface area contributed by atoms with Crippen LogP contribution in [0, 0.1) is 0 Å². The topological polar surface area (TPSA) is 78.9 Å². The normalized spacial score (nSPS) is 11.8. The molecule has 0 atom stereocenters. The van der Waals surface area contributed by atoms with Gasteiger partial charge in [0.2, 0.25) is 0 Å². The van der Waals surface area contributed by atoms with E-state index in [-0.39, 0.29) is 13.2 Å². The van der Waals surface area contributed by atoms with E-state index in [2.05, 4.69) is 20.3 Å². The Hall–Kier alpha value is -1.87. The number of nitrogens with zero attached hydrogens (tertiary/aromatic N) is 4. The lowest BCUT2D eigenvalue weighted by molar-refractivity contribution is -0.174. The van der Waals surface area contributed by atoms with Gasteiger partial charge in [0.15, 0.2) is 5.82 Å². The highest BCUT2D eigenvalue weighted by Gasteiger charge is 2.27. The molecule has 0 unspecified atom stereocenters. The van der Waals surface area contributed by atoms with Gasteiger partial charge < -0.3 is 10.5 Å². The molecule has 10 heteroatoms. The van der Waals surface area contributed by atoms with Crippen LogP contribution in [0.4, 0.5) is 18.9 Å². The molecule has 6 nitrogen and oxygen atoms in total. The lowest BCUT2D eigenvalue weighted by atomic mass is 10.2. The van der Waals surface area contributed by atoms with E-state index in [1.54, 1.807) is 18.2 Å². The summed E-state index contributed by atoms with van der Waals surface area (Å²) in [7, 11) is 0. The summed E-state index contributed by atoms with van der Waals surface area (Å²) in [4.78, 5) is 0. The number of benzene rings is 1. The summed E-state index contributed by atoms with van der Waals surface area (Å²) in [5.41, 5.74) is 6.63. The zero-order valence-electron chi connectivity index (χ0n) is 10.6. The maximum Gasteiger partial charge on any atom is 0.411 e. The van der Waals surface area contributed by atoms with Crippen LogP contribution in [0.25, 0.3) is 11.4 Å². The Bertz CT molecular complexity index is 616. The highest BCUT2D eigenvalue weighted by Crippen LogP contribution is 2.27. The van der Waals surface area contributed by atoms with Crippen LogP contribution in [0.5, 0.6) is 0 Å². The Kier molecular flexibility index (Phi) is 4.63. The molecular weight excluding hydrogens is 311 g/mol. The molecule has 0 saturated carbocycles. The van der Waals surface area contributed by atoms with Crippen LogP contribution >= 0.6 is 11.6 Å². The standard InChI is InChI=1S/C11H11ClF3N5O/c12-9-2-1-7(16)5-8(9)10-17-18-19-20(10)3-4-21-6-11(13,14)15/h1-2,5H,3-4,6,16H2. The van der Waals surface area contributed by atoms with Gasteiger partial charge in [-0.2, -0.15) is 13.2 Å². The van der Waals surface area contributed by atoms with Gasteiger partial charge in [-0.3, -0.25) is 0 Å². The van der Waals surface area contributed by atoms with Crippen molar-refractivity contribution in [3.63, 3.8) is 0 Å². The molecule has 114 valence electrons. The minimum absolute atomic E-state index is 0.0591. The highest BCUT2D eigenvalue weighted by molar-refractivity contribution is 6.33. The minimum atomic E-state index is -4.36. The first-order valence-corrected chi connectivity index (χ1v) is 6.20. The summed E-state index contributed by atoms with van der Waals surface area (Å²) in [5.74, 6) is 0.308. The molecule has 21 heavy (non-hydrogen) atoms. The van der Waals surface area contributed by atoms with Crippen LogP contribution in [-0.4, -0.2) is 39.6 Å². The van der Waals surface area contributed by atoms with Gasteiger partial charge >= 0.3 is 6.18 Å². The molecule has 0 aliphatic carbocycles. The van der Waals surface area contributed by atoms with E-state index in [4.69, 9.17) is 17.3 Å². The van der Waals surface area contributed by atoms with E-state index in [1.807, 2.05) is 0 Å². The number of aromatic nitrogens is 4. The third-order valence-electron chi connectivity index (χ3n) is 2.48. The number of halogens is 4. The number of nitrogens with two attached hydrogens (primary N) is 1. The lowest BCUT2D eigenvalue weighted by Crippen LogP contribution is -2.19. The molecule has 0 fully saturated rings. The second-order valence-electron chi connectivity index (χ2n) is 4.13. The fourth-order valence-electron chi connectivity index (χ4n) is 1.60. The molecule has 0 aliphatic rings. The molecule has 1 aromatic heterocycles. The van der Waals surface area contributed by atoms with E-state index in [0.29, 0.717) is 22.1 Å². The van der Waals surface area contributed by atoms with Crippen LogP contribution in [0.1, 0.15) is 0 Å². The molecule has 2 N–H and O–H groups in total. The van der Waals surface area contributed by atoms with Gasteiger partial charge in [0.25, 0.3) is 0 Å². The number of hydrogen-bond donors (Lipinski definition) is 1. The molecular formula is C11H11ClF3N5O. The van der Waals surface area contributed by atoms with Gasteiger partial charge in [-0.15, -0.1) is 5.10 Å². The van der Waals surface area contributed by atoms with Gasteiger partial charge in [-0.25, -0.2) is 4.68 Å². The number of ether oxygens (including phenoxy) is 1. The van der Waals surface area contributed by atoms with Gasteiger partial charge in [0.05, 0.1) is 18.2 Å². The largest absolute Gasteiger partial charge is 0.411 e. The molecule has 0 spiro atoms. The van der Waals surface area contributed by atoms with Crippen LogP contribution in [0.2, 0.25) is 5.02 Å². The fraction of sp³-hybridized carbons (Fsp3) is 0.364. The van der Waals surface area contributed by atoms with Crippen molar-refractivity contribution in [2.45, 2.75) is 12.7 Å². The van der Waals surface area contributed by atoms with E-state index in [1.165, 1.54) is 4.68 Å². The smallest absolute Gasteiger partial charge is 0.399 e.